The predicted octanol–water partition coefficient (Wildman–Crippen LogP) is 4.99. The maximum atomic E-state index is 11.3. The van der Waals surface area contributed by atoms with Gasteiger partial charge in [-0.15, -0.1) is 0 Å². The Hall–Kier alpha value is -0.830. The van der Waals surface area contributed by atoms with Crippen LogP contribution < -0.4 is 5.73 Å². The molecule has 3 heteroatoms. The van der Waals surface area contributed by atoms with Crippen LogP contribution in [0.25, 0.3) is 0 Å². The van der Waals surface area contributed by atoms with Crippen molar-refractivity contribution < 1.29 is 9.53 Å². The Kier molecular flexibility index (Phi) is 14.5. The Morgan fingerprint density at radius 1 is 1.00 bits per heavy atom. The van der Waals surface area contributed by atoms with E-state index in [1.54, 1.807) is 6.92 Å². The summed E-state index contributed by atoms with van der Waals surface area (Å²) in [5.74, 6) is 0.182. The Bertz CT molecular complexity index is 289. The Morgan fingerprint density at radius 3 is 2.05 bits per heavy atom. The molecule has 0 aliphatic rings. The quantitative estimate of drug-likeness (QED) is 0.263. The normalized spacial score (nSPS) is 12.1. The number of hydrogen-bond donors (Lipinski definition) is 1. The van der Waals surface area contributed by atoms with Gasteiger partial charge in [-0.1, -0.05) is 71.3 Å². The number of hydrogen-bond acceptors (Lipinski definition) is 3. The van der Waals surface area contributed by atoms with Gasteiger partial charge in [0.1, 0.15) is 0 Å². The van der Waals surface area contributed by atoms with Crippen molar-refractivity contribution in [1.29, 1.82) is 0 Å². The van der Waals surface area contributed by atoms with E-state index in [9.17, 15) is 4.79 Å². The SMILES string of the molecule is C=C(C)C(=O)OCCC(CN)CCCCCCCCCCC. The van der Waals surface area contributed by atoms with Gasteiger partial charge >= 0.3 is 5.97 Å². The maximum Gasteiger partial charge on any atom is 0.333 e. The molecule has 0 aromatic rings. The first-order valence-electron chi connectivity index (χ1n) is 9.14. The van der Waals surface area contributed by atoms with Crippen molar-refractivity contribution in [2.75, 3.05) is 13.2 Å². The van der Waals surface area contributed by atoms with Crippen molar-refractivity contribution in [3.05, 3.63) is 12.2 Å². The fraction of sp³-hybridized carbons (Fsp3) is 0.842. The van der Waals surface area contributed by atoms with E-state index in [0.29, 0.717) is 24.6 Å². The molecule has 0 radical (unpaired) electrons. The number of ether oxygens (including phenoxy) is 1. The predicted molar refractivity (Wildman–Crippen MR) is 94.8 cm³/mol. The van der Waals surface area contributed by atoms with E-state index in [1.165, 1.54) is 57.8 Å². The Labute approximate surface area is 137 Å². The van der Waals surface area contributed by atoms with Crippen LogP contribution in [0.3, 0.4) is 0 Å². The molecule has 1 atom stereocenters. The lowest BCUT2D eigenvalue weighted by molar-refractivity contribution is -0.139. The Morgan fingerprint density at radius 2 is 1.55 bits per heavy atom. The van der Waals surface area contributed by atoms with Crippen molar-refractivity contribution in [2.24, 2.45) is 11.7 Å². The molecule has 0 bridgehead atoms. The third-order valence-electron chi connectivity index (χ3n) is 4.16. The van der Waals surface area contributed by atoms with Crippen LogP contribution in [0.4, 0.5) is 0 Å². The first-order chi connectivity index (χ1) is 10.6. The van der Waals surface area contributed by atoms with Crippen LogP contribution in [0.5, 0.6) is 0 Å². The van der Waals surface area contributed by atoms with Gasteiger partial charge in [-0.3, -0.25) is 0 Å². The second kappa shape index (κ2) is 15.1. The molecule has 0 saturated carbocycles. The van der Waals surface area contributed by atoms with Gasteiger partial charge in [0, 0.05) is 5.57 Å². The zero-order valence-electron chi connectivity index (χ0n) is 14.9. The molecule has 0 spiro atoms. The molecule has 0 saturated heterocycles. The zero-order valence-corrected chi connectivity index (χ0v) is 14.9. The number of carbonyl (C=O) groups is 1. The summed E-state index contributed by atoms with van der Waals surface area (Å²) < 4.78 is 5.13. The molecule has 3 nitrogen and oxygen atoms in total. The van der Waals surface area contributed by atoms with E-state index < -0.39 is 0 Å². The average Bonchev–Trinajstić information content (AvgIpc) is 2.51. The summed E-state index contributed by atoms with van der Waals surface area (Å²) in [5, 5.41) is 0. The van der Waals surface area contributed by atoms with Crippen LogP contribution >= 0.6 is 0 Å². The summed E-state index contributed by atoms with van der Waals surface area (Å²) in [6.07, 6.45) is 14.2. The summed E-state index contributed by atoms with van der Waals surface area (Å²) >= 11 is 0. The van der Waals surface area contributed by atoms with E-state index in [4.69, 9.17) is 10.5 Å². The van der Waals surface area contributed by atoms with Crippen LogP contribution in [0.2, 0.25) is 0 Å². The molecule has 0 aliphatic heterocycles. The molecule has 0 aromatic carbocycles. The fourth-order valence-corrected chi connectivity index (χ4v) is 2.57. The van der Waals surface area contributed by atoms with Gasteiger partial charge in [-0.05, 0) is 32.2 Å². The van der Waals surface area contributed by atoms with Gasteiger partial charge in [0.25, 0.3) is 0 Å². The number of carbonyl (C=O) groups excluding carboxylic acids is 1. The molecule has 0 amide bonds. The molecular weight excluding hydrogens is 274 g/mol. The van der Waals surface area contributed by atoms with E-state index >= 15 is 0 Å². The summed E-state index contributed by atoms with van der Waals surface area (Å²) in [6, 6.07) is 0. The van der Waals surface area contributed by atoms with Crippen LogP contribution in [0, 0.1) is 5.92 Å². The van der Waals surface area contributed by atoms with Gasteiger partial charge in [-0.2, -0.15) is 0 Å². The van der Waals surface area contributed by atoms with E-state index in [2.05, 4.69) is 13.5 Å². The van der Waals surface area contributed by atoms with Gasteiger partial charge in [-0.25, -0.2) is 4.79 Å². The maximum absolute atomic E-state index is 11.3. The summed E-state index contributed by atoms with van der Waals surface area (Å²) in [4.78, 5) is 11.3. The molecule has 0 heterocycles. The molecular formula is C19H37NO2. The van der Waals surface area contributed by atoms with Crippen molar-refractivity contribution in [3.63, 3.8) is 0 Å². The van der Waals surface area contributed by atoms with Gasteiger partial charge in [0.05, 0.1) is 6.61 Å². The molecule has 0 aromatic heterocycles. The van der Waals surface area contributed by atoms with E-state index in [0.717, 1.165) is 12.8 Å². The number of nitrogens with two attached hydrogens (primary N) is 1. The summed E-state index contributed by atoms with van der Waals surface area (Å²) in [5.41, 5.74) is 6.26. The lowest BCUT2D eigenvalue weighted by Gasteiger charge is -2.14. The fourth-order valence-electron chi connectivity index (χ4n) is 2.57. The van der Waals surface area contributed by atoms with Gasteiger partial charge in [0.15, 0.2) is 0 Å². The zero-order chi connectivity index (χ0) is 16.6. The van der Waals surface area contributed by atoms with Crippen molar-refractivity contribution >= 4 is 5.97 Å². The van der Waals surface area contributed by atoms with Crippen LogP contribution in [-0.2, 0) is 9.53 Å². The largest absolute Gasteiger partial charge is 0.462 e. The molecule has 22 heavy (non-hydrogen) atoms. The first kappa shape index (κ1) is 21.2. The smallest absolute Gasteiger partial charge is 0.333 e. The molecule has 0 aliphatic carbocycles. The molecule has 130 valence electrons. The number of unbranched alkanes of at least 4 members (excludes halogenated alkanes) is 8. The van der Waals surface area contributed by atoms with Gasteiger partial charge in [0.2, 0.25) is 0 Å². The third kappa shape index (κ3) is 12.9. The van der Waals surface area contributed by atoms with Crippen LogP contribution in [0.15, 0.2) is 12.2 Å². The van der Waals surface area contributed by atoms with Crippen LogP contribution in [-0.4, -0.2) is 19.1 Å². The molecule has 0 rings (SSSR count). The third-order valence-corrected chi connectivity index (χ3v) is 4.16. The molecule has 2 N–H and O–H groups in total. The summed E-state index contributed by atoms with van der Waals surface area (Å²) in [7, 11) is 0. The van der Waals surface area contributed by atoms with Crippen molar-refractivity contribution in [2.45, 2.75) is 84.5 Å². The molecule has 0 fully saturated rings. The minimum Gasteiger partial charge on any atom is -0.462 e. The second-order valence-corrected chi connectivity index (χ2v) is 6.42. The average molecular weight is 312 g/mol. The lowest BCUT2D eigenvalue weighted by atomic mass is 9.97. The second-order valence-electron chi connectivity index (χ2n) is 6.42. The topological polar surface area (TPSA) is 52.3 Å². The Balaban J connectivity index is 3.46. The van der Waals surface area contributed by atoms with Gasteiger partial charge < -0.3 is 10.5 Å². The minimum absolute atomic E-state index is 0.293. The standard InChI is InChI=1S/C19H37NO2/c1-4-5-6-7-8-9-10-11-12-13-18(16-20)14-15-22-19(21)17(2)3/h18H,2,4-16,20H2,1,3H3. The highest BCUT2D eigenvalue weighted by Gasteiger charge is 2.09. The highest BCUT2D eigenvalue weighted by molar-refractivity contribution is 5.86. The van der Waals surface area contributed by atoms with Crippen molar-refractivity contribution in [1.82, 2.24) is 0 Å². The van der Waals surface area contributed by atoms with Crippen LogP contribution in [0.1, 0.15) is 84.5 Å². The lowest BCUT2D eigenvalue weighted by Crippen LogP contribution is -2.18. The van der Waals surface area contributed by atoms with E-state index in [-0.39, 0.29) is 5.97 Å². The monoisotopic (exact) mass is 311 g/mol. The minimum atomic E-state index is -0.293. The van der Waals surface area contributed by atoms with E-state index in [1.807, 2.05) is 0 Å². The summed E-state index contributed by atoms with van der Waals surface area (Å²) in [6.45, 7) is 8.65. The number of esters is 1. The highest BCUT2D eigenvalue weighted by Crippen LogP contribution is 2.15. The highest BCUT2D eigenvalue weighted by atomic mass is 16.5. The first-order valence-corrected chi connectivity index (χ1v) is 9.14. The molecule has 1 unspecified atom stereocenters. The number of rotatable bonds is 15. The van der Waals surface area contributed by atoms with Crippen molar-refractivity contribution in [3.8, 4) is 0 Å².